The Bertz CT molecular complexity index is 428. The molecule has 1 aliphatic carbocycles. The van der Waals surface area contributed by atoms with Crippen molar-refractivity contribution in [3.63, 3.8) is 0 Å². The monoisotopic (exact) mass is 234 g/mol. The van der Waals surface area contributed by atoms with E-state index in [1.54, 1.807) is 6.07 Å². The van der Waals surface area contributed by atoms with Gasteiger partial charge in [0.15, 0.2) is 5.76 Å². The van der Waals surface area contributed by atoms with Crippen LogP contribution in [0.1, 0.15) is 48.4 Å². The van der Waals surface area contributed by atoms with Crippen LogP contribution in [0.15, 0.2) is 16.5 Å². The molecule has 1 spiro atoms. The summed E-state index contributed by atoms with van der Waals surface area (Å²) in [6.07, 6.45) is 5.19. The summed E-state index contributed by atoms with van der Waals surface area (Å²) in [5.41, 5.74) is 0.0280. The molecule has 1 atom stereocenters. The van der Waals surface area contributed by atoms with Gasteiger partial charge in [0.1, 0.15) is 5.76 Å². The molecule has 1 aromatic heterocycles. The van der Waals surface area contributed by atoms with Gasteiger partial charge >= 0.3 is 0 Å². The molecular weight excluding hydrogens is 216 g/mol. The molecule has 3 rings (SSSR count). The van der Waals surface area contributed by atoms with Gasteiger partial charge in [0.05, 0.1) is 5.60 Å². The minimum atomic E-state index is 0.0280. The van der Waals surface area contributed by atoms with E-state index in [4.69, 9.17) is 9.15 Å². The Balaban J connectivity index is 1.73. The van der Waals surface area contributed by atoms with Gasteiger partial charge in [0.25, 0.3) is 0 Å². The van der Waals surface area contributed by atoms with Crippen molar-refractivity contribution in [3.8, 4) is 0 Å². The lowest BCUT2D eigenvalue weighted by molar-refractivity contribution is -0.137. The summed E-state index contributed by atoms with van der Waals surface area (Å²) in [4.78, 5) is 12.3. The molecule has 17 heavy (non-hydrogen) atoms. The lowest BCUT2D eigenvalue weighted by atomic mass is 9.71. The lowest BCUT2D eigenvalue weighted by Crippen LogP contribution is -2.47. The summed E-state index contributed by atoms with van der Waals surface area (Å²) in [5.74, 6) is 1.57. The van der Waals surface area contributed by atoms with Crippen molar-refractivity contribution in [1.29, 1.82) is 0 Å². The second-order valence-electron chi connectivity index (χ2n) is 5.35. The molecule has 1 aromatic rings. The zero-order chi connectivity index (χ0) is 11.9. The van der Waals surface area contributed by atoms with Crippen molar-refractivity contribution < 1.29 is 13.9 Å². The topological polar surface area (TPSA) is 39.4 Å². The van der Waals surface area contributed by atoms with E-state index in [0.29, 0.717) is 5.76 Å². The van der Waals surface area contributed by atoms with Crippen LogP contribution in [0.4, 0.5) is 0 Å². The molecule has 92 valence electrons. The first-order chi connectivity index (χ1) is 8.19. The lowest BCUT2D eigenvalue weighted by Gasteiger charge is -2.46. The van der Waals surface area contributed by atoms with E-state index < -0.39 is 0 Å². The van der Waals surface area contributed by atoms with Crippen LogP contribution in [0.25, 0.3) is 0 Å². The fraction of sp³-hybridized carbons (Fsp3) is 0.643. The molecule has 3 nitrogen and oxygen atoms in total. The first-order valence-electron chi connectivity index (χ1n) is 6.43. The Labute approximate surface area is 101 Å². The van der Waals surface area contributed by atoms with Crippen LogP contribution < -0.4 is 0 Å². The summed E-state index contributed by atoms with van der Waals surface area (Å²) in [6.45, 7) is 2.59. The largest absolute Gasteiger partial charge is 0.458 e. The smallest absolute Gasteiger partial charge is 0.201 e. The van der Waals surface area contributed by atoms with Crippen molar-refractivity contribution in [2.75, 3.05) is 6.61 Å². The molecule has 2 fully saturated rings. The highest BCUT2D eigenvalue weighted by Crippen LogP contribution is 2.44. The summed E-state index contributed by atoms with van der Waals surface area (Å²) < 4.78 is 11.3. The van der Waals surface area contributed by atoms with E-state index in [0.717, 1.165) is 38.1 Å². The fourth-order valence-electron chi connectivity index (χ4n) is 2.94. The summed E-state index contributed by atoms with van der Waals surface area (Å²) >= 11 is 0. The van der Waals surface area contributed by atoms with Gasteiger partial charge in [-0.15, -0.1) is 0 Å². The molecule has 3 heteroatoms. The molecule has 0 N–H and O–H groups in total. The zero-order valence-corrected chi connectivity index (χ0v) is 10.2. The minimum Gasteiger partial charge on any atom is -0.458 e. The van der Waals surface area contributed by atoms with Gasteiger partial charge in [-0.3, -0.25) is 4.79 Å². The molecule has 2 heterocycles. The summed E-state index contributed by atoms with van der Waals surface area (Å²) in [5, 5.41) is 0. The third-order valence-electron chi connectivity index (χ3n) is 4.11. The second-order valence-corrected chi connectivity index (χ2v) is 5.35. The van der Waals surface area contributed by atoms with Crippen LogP contribution in [0.5, 0.6) is 0 Å². The molecule has 0 bridgehead atoms. The predicted molar refractivity (Wildman–Crippen MR) is 63.0 cm³/mol. The Hall–Kier alpha value is -1.09. The average Bonchev–Trinajstić information content (AvgIpc) is 2.73. The standard InChI is InChI=1S/C14H18O3/c1-10-3-4-12(17-10)13(15)11-5-8-16-14(9-11)6-2-7-14/h3-4,11H,2,5-9H2,1H3. The number of carbonyl (C=O) groups excluding carboxylic acids is 1. The summed E-state index contributed by atoms with van der Waals surface area (Å²) in [7, 11) is 0. The van der Waals surface area contributed by atoms with E-state index in [9.17, 15) is 4.79 Å². The van der Waals surface area contributed by atoms with Gasteiger partial charge in [-0.25, -0.2) is 0 Å². The second kappa shape index (κ2) is 3.98. The van der Waals surface area contributed by atoms with Crippen LogP contribution in [0, 0.1) is 12.8 Å². The van der Waals surface area contributed by atoms with Gasteiger partial charge in [-0.1, -0.05) is 0 Å². The Morgan fingerprint density at radius 2 is 2.24 bits per heavy atom. The highest BCUT2D eigenvalue weighted by molar-refractivity contribution is 5.95. The summed E-state index contributed by atoms with van der Waals surface area (Å²) in [6, 6.07) is 3.65. The predicted octanol–water partition coefficient (Wildman–Crippen LogP) is 3.12. The third-order valence-corrected chi connectivity index (χ3v) is 4.11. The number of carbonyl (C=O) groups is 1. The number of ether oxygens (including phenoxy) is 1. The molecule has 0 radical (unpaired) electrons. The van der Waals surface area contributed by atoms with Crippen LogP contribution in [0.2, 0.25) is 0 Å². The van der Waals surface area contributed by atoms with Crippen LogP contribution >= 0.6 is 0 Å². The Morgan fingerprint density at radius 3 is 2.82 bits per heavy atom. The van der Waals surface area contributed by atoms with Crippen LogP contribution in [0.3, 0.4) is 0 Å². The Morgan fingerprint density at radius 1 is 1.41 bits per heavy atom. The average molecular weight is 234 g/mol. The maximum atomic E-state index is 12.3. The highest BCUT2D eigenvalue weighted by Gasteiger charge is 2.44. The number of hydrogen-bond donors (Lipinski definition) is 0. The Kier molecular flexibility index (Phi) is 2.58. The molecule has 0 aromatic carbocycles. The van der Waals surface area contributed by atoms with Crippen molar-refractivity contribution in [3.05, 3.63) is 23.7 Å². The van der Waals surface area contributed by atoms with Crippen molar-refractivity contribution >= 4 is 5.78 Å². The molecule has 1 unspecified atom stereocenters. The van der Waals surface area contributed by atoms with Gasteiger partial charge in [0, 0.05) is 12.5 Å². The van der Waals surface area contributed by atoms with E-state index in [-0.39, 0.29) is 17.3 Å². The number of ketones is 1. The molecule has 1 saturated heterocycles. The van der Waals surface area contributed by atoms with E-state index >= 15 is 0 Å². The molecular formula is C14H18O3. The minimum absolute atomic E-state index is 0.0280. The molecule has 0 amide bonds. The number of hydrogen-bond acceptors (Lipinski definition) is 3. The van der Waals surface area contributed by atoms with Crippen LogP contribution in [-0.2, 0) is 4.74 Å². The number of Topliss-reactive ketones (excluding diaryl/α,β-unsaturated/α-hetero) is 1. The van der Waals surface area contributed by atoms with Crippen LogP contribution in [-0.4, -0.2) is 18.0 Å². The maximum absolute atomic E-state index is 12.3. The van der Waals surface area contributed by atoms with Gasteiger partial charge < -0.3 is 9.15 Å². The first-order valence-corrected chi connectivity index (χ1v) is 6.43. The van der Waals surface area contributed by atoms with Gasteiger partial charge in [-0.2, -0.15) is 0 Å². The highest BCUT2D eigenvalue weighted by atomic mass is 16.5. The van der Waals surface area contributed by atoms with E-state index in [2.05, 4.69) is 0 Å². The van der Waals surface area contributed by atoms with Crippen molar-refractivity contribution in [1.82, 2.24) is 0 Å². The van der Waals surface area contributed by atoms with Crippen molar-refractivity contribution in [2.45, 2.75) is 44.6 Å². The quantitative estimate of drug-likeness (QED) is 0.738. The van der Waals surface area contributed by atoms with Crippen molar-refractivity contribution in [2.24, 2.45) is 5.92 Å². The number of aryl methyl sites for hydroxylation is 1. The van der Waals surface area contributed by atoms with Gasteiger partial charge in [-0.05, 0) is 51.2 Å². The zero-order valence-electron chi connectivity index (χ0n) is 10.2. The first kappa shape index (κ1) is 11.0. The molecule has 1 aliphatic heterocycles. The van der Waals surface area contributed by atoms with Gasteiger partial charge in [0.2, 0.25) is 5.78 Å². The third kappa shape index (κ3) is 1.93. The molecule has 2 aliphatic rings. The molecule has 1 saturated carbocycles. The van der Waals surface area contributed by atoms with E-state index in [1.165, 1.54) is 6.42 Å². The number of rotatable bonds is 2. The SMILES string of the molecule is Cc1ccc(C(=O)C2CCOC3(CCC3)C2)o1. The number of furan rings is 1. The normalized spacial score (nSPS) is 26.8. The fourth-order valence-corrected chi connectivity index (χ4v) is 2.94. The maximum Gasteiger partial charge on any atom is 0.201 e. The van der Waals surface area contributed by atoms with E-state index in [1.807, 2.05) is 13.0 Å².